The van der Waals surface area contributed by atoms with E-state index in [2.05, 4.69) is 50.4 Å². The quantitative estimate of drug-likeness (QED) is 0.822. The molecule has 28 heavy (non-hydrogen) atoms. The SMILES string of the molecule is Cc1ccc(C(C)(C)CCC(=O)Nc2ccc(N3CCOCC3=O)cc2)cc1. The van der Waals surface area contributed by atoms with Crippen LogP contribution >= 0.6 is 0 Å². The van der Waals surface area contributed by atoms with Crippen molar-refractivity contribution in [2.45, 2.75) is 39.0 Å². The molecular weight excluding hydrogens is 352 g/mol. The van der Waals surface area contributed by atoms with Gasteiger partial charge in [-0.25, -0.2) is 0 Å². The van der Waals surface area contributed by atoms with Crippen molar-refractivity contribution in [1.82, 2.24) is 0 Å². The molecule has 0 aromatic heterocycles. The largest absolute Gasteiger partial charge is 0.370 e. The molecule has 148 valence electrons. The van der Waals surface area contributed by atoms with Crippen molar-refractivity contribution in [3.05, 3.63) is 59.7 Å². The molecule has 5 heteroatoms. The molecule has 1 saturated heterocycles. The van der Waals surface area contributed by atoms with Crippen LogP contribution in [-0.4, -0.2) is 31.6 Å². The van der Waals surface area contributed by atoms with Crippen LogP contribution in [-0.2, 0) is 19.7 Å². The first-order chi connectivity index (χ1) is 13.3. The molecule has 1 fully saturated rings. The van der Waals surface area contributed by atoms with Gasteiger partial charge in [0.25, 0.3) is 5.91 Å². The maximum atomic E-state index is 12.4. The van der Waals surface area contributed by atoms with Crippen LogP contribution < -0.4 is 10.2 Å². The molecule has 5 nitrogen and oxygen atoms in total. The minimum absolute atomic E-state index is 0.00427. The number of carbonyl (C=O) groups is 2. The second-order valence-corrected chi connectivity index (χ2v) is 7.94. The van der Waals surface area contributed by atoms with Crippen LogP contribution in [0.15, 0.2) is 48.5 Å². The first-order valence-electron chi connectivity index (χ1n) is 9.70. The lowest BCUT2D eigenvalue weighted by molar-refractivity contribution is -0.125. The summed E-state index contributed by atoms with van der Waals surface area (Å²) in [6.45, 7) is 7.62. The summed E-state index contributed by atoms with van der Waals surface area (Å²) in [6, 6.07) is 15.9. The van der Waals surface area contributed by atoms with E-state index in [9.17, 15) is 9.59 Å². The summed E-state index contributed by atoms with van der Waals surface area (Å²) in [7, 11) is 0. The number of aryl methyl sites for hydroxylation is 1. The smallest absolute Gasteiger partial charge is 0.253 e. The molecular formula is C23H28N2O3. The fourth-order valence-corrected chi connectivity index (χ4v) is 3.31. The molecule has 0 unspecified atom stereocenters. The summed E-state index contributed by atoms with van der Waals surface area (Å²) in [6.07, 6.45) is 1.22. The number of ether oxygens (including phenoxy) is 1. The third-order valence-electron chi connectivity index (χ3n) is 5.26. The number of nitrogens with zero attached hydrogens (tertiary/aromatic N) is 1. The lowest BCUT2D eigenvalue weighted by Gasteiger charge is -2.27. The van der Waals surface area contributed by atoms with Crippen molar-refractivity contribution in [1.29, 1.82) is 0 Å². The van der Waals surface area contributed by atoms with Crippen LogP contribution in [0, 0.1) is 6.92 Å². The van der Waals surface area contributed by atoms with Crippen molar-refractivity contribution in [2.75, 3.05) is 30.0 Å². The molecule has 2 aromatic carbocycles. The van der Waals surface area contributed by atoms with E-state index in [1.54, 1.807) is 4.90 Å². The van der Waals surface area contributed by atoms with Gasteiger partial charge in [0.1, 0.15) is 6.61 Å². The average molecular weight is 380 g/mol. The minimum Gasteiger partial charge on any atom is -0.370 e. The first kappa shape index (κ1) is 20.1. The zero-order chi connectivity index (χ0) is 20.1. The second-order valence-electron chi connectivity index (χ2n) is 7.94. The van der Waals surface area contributed by atoms with Crippen molar-refractivity contribution >= 4 is 23.2 Å². The average Bonchev–Trinajstić information content (AvgIpc) is 2.68. The Hall–Kier alpha value is -2.66. The van der Waals surface area contributed by atoms with E-state index in [1.807, 2.05) is 24.3 Å². The Morgan fingerprint density at radius 2 is 1.79 bits per heavy atom. The third kappa shape index (κ3) is 4.98. The van der Waals surface area contributed by atoms with E-state index in [-0.39, 0.29) is 23.8 Å². The molecule has 1 heterocycles. The minimum atomic E-state index is -0.0639. The Morgan fingerprint density at radius 1 is 1.11 bits per heavy atom. The van der Waals surface area contributed by atoms with Gasteiger partial charge in [-0.05, 0) is 48.6 Å². The number of morpholine rings is 1. The predicted molar refractivity (Wildman–Crippen MR) is 112 cm³/mol. The predicted octanol–water partition coefficient (Wildman–Crippen LogP) is 4.05. The fraction of sp³-hybridized carbons (Fsp3) is 0.391. The molecule has 2 amide bonds. The fourth-order valence-electron chi connectivity index (χ4n) is 3.31. The van der Waals surface area contributed by atoms with Crippen LogP contribution in [0.2, 0.25) is 0 Å². The molecule has 0 spiro atoms. The zero-order valence-electron chi connectivity index (χ0n) is 16.8. The van der Waals surface area contributed by atoms with E-state index >= 15 is 0 Å². The van der Waals surface area contributed by atoms with Crippen LogP contribution in [0.5, 0.6) is 0 Å². The molecule has 0 saturated carbocycles. The van der Waals surface area contributed by atoms with Crippen LogP contribution in [0.1, 0.15) is 37.8 Å². The van der Waals surface area contributed by atoms with Crippen molar-refractivity contribution in [2.24, 2.45) is 0 Å². The number of hydrogen-bond acceptors (Lipinski definition) is 3. The molecule has 0 atom stereocenters. The number of nitrogens with one attached hydrogen (secondary N) is 1. The highest BCUT2D eigenvalue weighted by Gasteiger charge is 2.22. The Kier molecular flexibility index (Phi) is 6.15. The molecule has 0 aliphatic carbocycles. The Morgan fingerprint density at radius 3 is 2.43 bits per heavy atom. The van der Waals surface area contributed by atoms with Gasteiger partial charge in [-0.1, -0.05) is 43.7 Å². The molecule has 0 radical (unpaired) electrons. The number of hydrogen-bond donors (Lipinski definition) is 1. The van der Waals surface area contributed by atoms with Gasteiger partial charge in [0.2, 0.25) is 5.91 Å². The summed E-state index contributed by atoms with van der Waals surface area (Å²) in [5, 5.41) is 2.95. The van der Waals surface area contributed by atoms with Gasteiger partial charge < -0.3 is 15.0 Å². The summed E-state index contributed by atoms with van der Waals surface area (Å²) in [4.78, 5) is 26.0. The second kappa shape index (κ2) is 8.57. The number of carbonyl (C=O) groups excluding carboxylic acids is 2. The van der Waals surface area contributed by atoms with Gasteiger partial charge >= 0.3 is 0 Å². The Bertz CT molecular complexity index is 826. The number of anilines is 2. The van der Waals surface area contributed by atoms with E-state index in [4.69, 9.17) is 4.74 Å². The number of amides is 2. The van der Waals surface area contributed by atoms with Crippen molar-refractivity contribution in [3.8, 4) is 0 Å². The Balaban J connectivity index is 1.54. The standard InChI is InChI=1S/C23H28N2O3/c1-17-4-6-18(7-5-17)23(2,3)13-12-21(26)24-19-8-10-20(11-9-19)25-14-15-28-16-22(25)27/h4-11H,12-16H2,1-3H3,(H,24,26). The normalized spacial score (nSPS) is 14.8. The molecule has 1 aliphatic rings. The van der Waals surface area contributed by atoms with Crippen LogP contribution in [0.25, 0.3) is 0 Å². The Labute approximate surface area is 166 Å². The van der Waals surface area contributed by atoms with Gasteiger partial charge in [0.05, 0.1) is 6.61 Å². The summed E-state index contributed by atoms with van der Waals surface area (Å²) >= 11 is 0. The van der Waals surface area contributed by atoms with Gasteiger partial charge in [0, 0.05) is 24.3 Å². The number of rotatable bonds is 6. The maximum absolute atomic E-state index is 12.4. The number of benzene rings is 2. The molecule has 1 N–H and O–H groups in total. The highest BCUT2D eigenvalue weighted by molar-refractivity contribution is 5.95. The van der Waals surface area contributed by atoms with E-state index in [0.29, 0.717) is 19.6 Å². The molecule has 0 bridgehead atoms. The van der Waals surface area contributed by atoms with Crippen molar-refractivity contribution < 1.29 is 14.3 Å². The van der Waals surface area contributed by atoms with Crippen LogP contribution in [0.3, 0.4) is 0 Å². The molecule has 3 rings (SSSR count). The van der Waals surface area contributed by atoms with Crippen molar-refractivity contribution in [3.63, 3.8) is 0 Å². The monoisotopic (exact) mass is 380 g/mol. The molecule has 2 aromatic rings. The lowest BCUT2D eigenvalue weighted by Crippen LogP contribution is -2.41. The first-order valence-corrected chi connectivity index (χ1v) is 9.70. The van der Waals surface area contributed by atoms with Crippen LogP contribution in [0.4, 0.5) is 11.4 Å². The van der Waals surface area contributed by atoms with E-state index in [0.717, 1.165) is 17.8 Å². The zero-order valence-corrected chi connectivity index (χ0v) is 16.8. The van der Waals surface area contributed by atoms with Gasteiger partial charge in [-0.3, -0.25) is 9.59 Å². The van der Waals surface area contributed by atoms with E-state index < -0.39 is 0 Å². The lowest BCUT2D eigenvalue weighted by atomic mass is 9.80. The highest BCUT2D eigenvalue weighted by Crippen LogP contribution is 2.29. The topological polar surface area (TPSA) is 58.6 Å². The highest BCUT2D eigenvalue weighted by atomic mass is 16.5. The van der Waals surface area contributed by atoms with Gasteiger partial charge in [-0.2, -0.15) is 0 Å². The van der Waals surface area contributed by atoms with Gasteiger partial charge in [-0.15, -0.1) is 0 Å². The van der Waals surface area contributed by atoms with Gasteiger partial charge in [0.15, 0.2) is 0 Å². The summed E-state index contributed by atoms with van der Waals surface area (Å²) < 4.78 is 5.15. The molecule has 1 aliphatic heterocycles. The third-order valence-corrected chi connectivity index (χ3v) is 5.26. The maximum Gasteiger partial charge on any atom is 0.253 e. The summed E-state index contributed by atoms with van der Waals surface area (Å²) in [5.74, 6) is -0.0447. The summed E-state index contributed by atoms with van der Waals surface area (Å²) in [5.41, 5.74) is 3.98. The van der Waals surface area contributed by atoms with E-state index in [1.165, 1.54) is 11.1 Å².